The number of amides is 1. The topological polar surface area (TPSA) is 89.8 Å². The molecule has 0 saturated carbocycles. The number of hydrogen-bond donors (Lipinski definition) is 4. The molecule has 3 atom stereocenters. The lowest BCUT2D eigenvalue weighted by Crippen LogP contribution is -2.49. The van der Waals surface area contributed by atoms with E-state index < -0.39 is 24.2 Å². The summed E-state index contributed by atoms with van der Waals surface area (Å²) in [7, 11) is 0. The first-order chi connectivity index (χ1) is 18.1. The Morgan fingerprint density at radius 3 is 1.70 bits per heavy atom. The lowest BCUT2D eigenvalue weighted by atomic mass is 10.0. The van der Waals surface area contributed by atoms with Crippen LogP contribution in [0.1, 0.15) is 149 Å². The summed E-state index contributed by atoms with van der Waals surface area (Å²) in [6.45, 7) is 4.14. The van der Waals surface area contributed by atoms with Gasteiger partial charge in [-0.1, -0.05) is 141 Å². The summed E-state index contributed by atoms with van der Waals surface area (Å²) < 4.78 is 0. The number of allylic oxidation sites excluding steroid dienone is 3. The maximum absolute atomic E-state index is 12.3. The van der Waals surface area contributed by atoms with Crippen LogP contribution in [-0.4, -0.2) is 46.1 Å². The Morgan fingerprint density at radius 1 is 0.676 bits per heavy atom. The highest BCUT2D eigenvalue weighted by molar-refractivity contribution is 5.81. The van der Waals surface area contributed by atoms with E-state index in [2.05, 4.69) is 31.3 Å². The fourth-order valence-corrected chi connectivity index (χ4v) is 4.52. The van der Waals surface area contributed by atoms with Crippen molar-refractivity contribution in [1.82, 2.24) is 5.32 Å². The minimum absolute atomic E-state index is 0.226. The second-order valence-corrected chi connectivity index (χ2v) is 10.7. The molecule has 5 heteroatoms. The Labute approximate surface area is 229 Å². The molecule has 0 spiro atoms. The summed E-state index contributed by atoms with van der Waals surface area (Å²) in [6, 6.07) is -0.737. The first kappa shape index (κ1) is 35.8. The molecule has 0 aromatic heterocycles. The summed E-state index contributed by atoms with van der Waals surface area (Å²) >= 11 is 0. The van der Waals surface area contributed by atoms with Gasteiger partial charge in [-0.05, 0) is 25.7 Å². The van der Waals surface area contributed by atoms with E-state index in [1.807, 2.05) is 12.2 Å². The van der Waals surface area contributed by atoms with Gasteiger partial charge in [0.15, 0.2) is 0 Å². The van der Waals surface area contributed by atoms with Gasteiger partial charge in [0.1, 0.15) is 6.10 Å². The van der Waals surface area contributed by atoms with Crippen molar-refractivity contribution in [3.05, 3.63) is 24.3 Å². The Balaban J connectivity index is 3.87. The van der Waals surface area contributed by atoms with Crippen LogP contribution in [-0.2, 0) is 4.79 Å². The molecule has 5 nitrogen and oxygen atoms in total. The molecule has 37 heavy (non-hydrogen) atoms. The van der Waals surface area contributed by atoms with E-state index in [1.54, 1.807) is 0 Å². The molecular weight excluding hydrogens is 462 g/mol. The van der Waals surface area contributed by atoms with Crippen molar-refractivity contribution in [2.45, 2.75) is 167 Å². The van der Waals surface area contributed by atoms with Crippen molar-refractivity contribution in [2.24, 2.45) is 0 Å². The molecule has 0 aliphatic rings. The van der Waals surface area contributed by atoms with E-state index in [1.165, 1.54) is 89.9 Å². The highest BCUT2D eigenvalue weighted by Gasteiger charge is 2.23. The Bertz CT molecular complexity index is 549. The van der Waals surface area contributed by atoms with E-state index in [-0.39, 0.29) is 13.0 Å². The molecule has 4 N–H and O–H groups in total. The van der Waals surface area contributed by atoms with Gasteiger partial charge in [-0.3, -0.25) is 4.79 Å². The van der Waals surface area contributed by atoms with Crippen molar-refractivity contribution < 1.29 is 20.1 Å². The highest BCUT2D eigenvalue weighted by Crippen LogP contribution is 2.14. The minimum atomic E-state index is -1.17. The van der Waals surface area contributed by atoms with Gasteiger partial charge >= 0.3 is 0 Å². The highest BCUT2D eigenvalue weighted by atomic mass is 16.3. The Kier molecular flexibility index (Phi) is 27.0. The average Bonchev–Trinajstić information content (AvgIpc) is 2.90. The van der Waals surface area contributed by atoms with E-state index in [0.717, 1.165) is 32.1 Å². The Hall–Kier alpha value is -1.17. The van der Waals surface area contributed by atoms with E-state index >= 15 is 0 Å². The third kappa shape index (κ3) is 23.7. The number of nitrogens with one attached hydrogen (secondary N) is 1. The van der Waals surface area contributed by atoms with Crippen molar-refractivity contribution in [1.29, 1.82) is 0 Å². The van der Waals surface area contributed by atoms with Gasteiger partial charge in [-0.2, -0.15) is 0 Å². The van der Waals surface area contributed by atoms with Gasteiger partial charge in [-0.25, -0.2) is 0 Å². The third-order valence-corrected chi connectivity index (χ3v) is 7.08. The average molecular weight is 524 g/mol. The first-order valence-corrected chi connectivity index (χ1v) is 15.6. The van der Waals surface area contributed by atoms with Gasteiger partial charge in [0, 0.05) is 6.42 Å². The van der Waals surface area contributed by atoms with Crippen molar-refractivity contribution in [3.8, 4) is 0 Å². The monoisotopic (exact) mass is 523 g/mol. The molecule has 0 aromatic carbocycles. The second-order valence-electron chi connectivity index (χ2n) is 10.7. The molecule has 0 rings (SSSR count). The number of carbonyl (C=O) groups excluding carboxylic acids is 1. The van der Waals surface area contributed by atoms with Gasteiger partial charge in [-0.15, -0.1) is 0 Å². The second kappa shape index (κ2) is 27.9. The zero-order valence-electron chi connectivity index (χ0n) is 24.3. The SMILES string of the molecule is CCCCCCCC/C=C\C/C=C\CC(O)C(=O)NC(CO)C(O)CCCCCCCCCCCCC. The van der Waals surface area contributed by atoms with Crippen LogP contribution in [0.4, 0.5) is 0 Å². The van der Waals surface area contributed by atoms with E-state index in [9.17, 15) is 20.1 Å². The molecular formula is C32H61NO4. The normalized spacial score (nSPS) is 14.4. The standard InChI is InChI=1S/C32H61NO4/c1-3-5-7-9-11-13-15-17-19-21-23-25-27-31(36)32(37)33-29(28-34)30(35)26-24-22-20-18-16-14-12-10-8-6-4-2/h17,19,23,25,29-31,34-36H,3-16,18,20-22,24,26-28H2,1-2H3,(H,33,37)/b19-17-,25-23-. The molecule has 1 amide bonds. The van der Waals surface area contributed by atoms with Crippen LogP contribution in [0.2, 0.25) is 0 Å². The van der Waals surface area contributed by atoms with Crippen molar-refractivity contribution in [3.63, 3.8) is 0 Å². The largest absolute Gasteiger partial charge is 0.394 e. The molecule has 0 saturated heterocycles. The lowest BCUT2D eigenvalue weighted by Gasteiger charge is -2.23. The van der Waals surface area contributed by atoms with Crippen LogP contribution in [0.25, 0.3) is 0 Å². The van der Waals surface area contributed by atoms with E-state index in [0.29, 0.717) is 6.42 Å². The van der Waals surface area contributed by atoms with Crippen LogP contribution < -0.4 is 5.32 Å². The molecule has 3 unspecified atom stereocenters. The van der Waals surface area contributed by atoms with Crippen molar-refractivity contribution in [2.75, 3.05) is 6.61 Å². The van der Waals surface area contributed by atoms with Crippen LogP contribution >= 0.6 is 0 Å². The molecule has 0 aliphatic heterocycles. The molecule has 0 aliphatic carbocycles. The fourth-order valence-electron chi connectivity index (χ4n) is 4.52. The number of hydrogen-bond acceptors (Lipinski definition) is 4. The predicted octanol–water partition coefficient (Wildman–Crippen LogP) is 7.53. The quantitative estimate of drug-likeness (QED) is 0.0661. The van der Waals surface area contributed by atoms with Crippen LogP contribution in [0.15, 0.2) is 24.3 Å². The smallest absolute Gasteiger partial charge is 0.249 e. The molecule has 0 fully saturated rings. The first-order valence-electron chi connectivity index (χ1n) is 15.6. The fraction of sp³-hybridized carbons (Fsp3) is 0.844. The molecule has 0 bridgehead atoms. The number of carbonyl (C=O) groups is 1. The maximum Gasteiger partial charge on any atom is 0.249 e. The van der Waals surface area contributed by atoms with Gasteiger partial charge in [0.2, 0.25) is 5.91 Å². The zero-order valence-corrected chi connectivity index (χ0v) is 24.3. The summed E-state index contributed by atoms with van der Waals surface area (Å²) in [5, 5.41) is 32.8. The number of rotatable bonds is 27. The summed E-state index contributed by atoms with van der Waals surface area (Å²) in [6.07, 6.45) is 30.3. The summed E-state index contributed by atoms with van der Waals surface area (Å²) in [4.78, 5) is 12.3. The van der Waals surface area contributed by atoms with Gasteiger partial charge in [0.25, 0.3) is 0 Å². The van der Waals surface area contributed by atoms with Gasteiger partial charge in [0.05, 0.1) is 18.8 Å². The number of unbranched alkanes of at least 4 members (excludes halogenated alkanes) is 16. The van der Waals surface area contributed by atoms with Crippen LogP contribution in [0, 0.1) is 0 Å². The molecule has 0 radical (unpaired) electrons. The lowest BCUT2D eigenvalue weighted by molar-refractivity contribution is -0.131. The molecule has 218 valence electrons. The summed E-state index contributed by atoms with van der Waals surface area (Å²) in [5.74, 6) is -0.541. The van der Waals surface area contributed by atoms with Crippen LogP contribution in [0.5, 0.6) is 0 Å². The summed E-state index contributed by atoms with van der Waals surface area (Å²) in [5.41, 5.74) is 0. The Morgan fingerprint density at radius 2 is 1.16 bits per heavy atom. The number of aliphatic hydroxyl groups excluding tert-OH is 3. The maximum atomic E-state index is 12.3. The molecule has 0 heterocycles. The van der Waals surface area contributed by atoms with Crippen LogP contribution in [0.3, 0.4) is 0 Å². The van der Waals surface area contributed by atoms with Gasteiger partial charge < -0.3 is 20.6 Å². The van der Waals surface area contributed by atoms with E-state index in [4.69, 9.17) is 0 Å². The minimum Gasteiger partial charge on any atom is -0.394 e. The predicted molar refractivity (Wildman–Crippen MR) is 158 cm³/mol. The third-order valence-electron chi connectivity index (χ3n) is 7.08. The van der Waals surface area contributed by atoms with Crippen molar-refractivity contribution >= 4 is 5.91 Å². The number of aliphatic hydroxyl groups is 3. The zero-order chi connectivity index (χ0) is 27.4. The molecule has 0 aromatic rings.